The van der Waals surface area contributed by atoms with Crippen molar-refractivity contribution >= 4 is 56.0 Å². The standard InChI is InChI=1S/C19H15BrN4O4S2/c20-13-4-2-1-3-12(13)17(26)22-18-23-24-19(30-18)29-9-16(25)21-8-11-5-6-14-15(7-11)28-10-27-14/h1-7H,8-10H2,(H,21,25)(H,22,23,26). The Morgan fingerprint density at radius 1 is 1.13 bits per heavy atom. The van der Waals surface area contributed by atoms with E-state index in [9.17, 15) is 9.59 Å². The van der Waals surface area contributed by atoms with Crippen LogP contribution in [-0.2, 0) is 11.3 Å². The molecule has 11 heteroatoms. The topological polar surface area (TPSA) is 102 Å². The number of fused-ring (bicyclic) bond motifs is 1. The van der Waals surface area contributed by atoms with Crippen molar-refractivity contribution < 1.29 is 19.1 Å². The lowest BCUT2D eigenvalue weighted by molar-refractivity contribution is -0.118. The van der Waals surface area contributed by atoms with E-state index < -0.39 is 0 Å². The third kappa shape index (κ3) is 5.10. The Hall–Kier alpha value is -2.63. The molecule has 1 aromatic heterocycles. The summed E-state index contributed by atoms with van der Waals surface area (Å²) in [4.78, 5) is 24.4. The maximum atomic E-state index is 12.3. The highest BCUT2D eigenvalue weighted by molar-refractivity contribution is 9.10. The number of nitrogens with one attached hydrogen (secondary N) is 2. The van der Waals surface area contributed by atoms with Crippen molar-refractivity contribution in [3.05, 3.63) is 58.1 Å². The molecule has 2 heterocycles. The number of carbonyl (C=O) groups excluding carboxylic acids is 2. The molecule has 1 aliphatic rings. The van der Waals surface area contributed by atoms with Crippen molar-refractivity contribution in [2.24, 2.45) is 0 Å². The normalized spacial score (nSPS) is 11.9. The second kappa shape index (κ2) is 9.45. The highest BCUT2D eigenvalue weighted by Gasteiger charge is 2.15. The molecule has 0 bridgehead atoms. The molecule has 0 spiro atoms. The number of halogens is 1. The summed E-state index contributed by atoms with van der Waals surface area (Å²) in [5.41, 5.74) is 1.43. The first-order valence-electron chi connectivity index (χ1n) is 8.76. The maximum Gasteiger partial charge on any atom is 0.258 e. The molecule has 1 aliphatic heterocycles. The van der Waals surface area contributed by atoms with Gasteiger partial charge in [-0.3, -0.25) is 14.9 Å². The predicted octanol–water partition coefficient (Wildman–Crippen LogP) is 3.69. The summed E-state index contributed by atoms with van der Waals surface area (Å²) in [5, 5.41) is 13.9. The molecular weight excluding hydrogens is 492 g/mol. The first kappa shape index (κ1) is 20.6. The van der Waals surface area contributed by atoms with E-state index >= 15 is 0 Å². The number of hydrogen-bond acceptors (Lipinski definition) is 8. The van der Waals surface area contributed by atoms with Gasteiger partial charge < -0.3 is 14.8 Å². The molecule has 0 saturated heterocycles. The molecule has 0 atom stereocenters. The minimum absolute atomic E-state index is 0.133. The fourth-order valence-electron chi connectivity index (χ4n) is 2.56. The smallest absolute Gasteiger partial charge is 0.258 e. The van der Waals surface area contributed by atoms with Crippen LogP contribution in [0.15, 0.2) is 51.3 Å². The molecule has 0 aliphatic carbocycles. The van der Waals surface area contributed by atoms with Crippen LogP contribution in [0.25, 0.3) is 0 Å². The van der Waals surface area contributed by atoms with Gasteiger partial charge in [0.15, 0.2) is 15.8 Å². The van der Waals surface area contributed by atoms with Gasteiger partial charge in [-0.05, 0) is 45.8 Å². The van der Waals surface area contributed by atoms with E-state index in [-0.39, 0.29) is 24.4 Å². The van der Waals surface area contributed by atoms with Crippen molar-refractivity contribution in [1.29, 1.82) is 0 Å². The number of carbonyl (C=O) groups is 2. The van der Waals surface area contributed by atoms with Crippen LogP contribution in [0, 0.1) is 0 Å². The van der Waals surface area contributed by atoms with E-state index in [0.717, 1.165) is 5.56 Å². The maximum absolute atomic E-state index is 12.3. The molecule has 2 N–H and O–H groups in total. The molecule has 4 rings (SSSR count). The van der Waals surface area contributed by atoms with Gasteiger partial charge in [0.2, 0.25) is 17.8 Å². The van der Waals surface area contributed by atoms with Crippen LogP contribution in [0.2, 0.25) is 0 Å². The Morgan fingerprint density at radius 2 is 1.97 bits per heavy atom. The van der Waals surface area contributed by atoms with Gasteiger partial charge in [0, 0.05) is 11.0 Å². The van der Waals surface area contributed by atoms with E-state index in [2.05, 4.69) is 36.8 Å². The molecule has 2 aromatic carbocycles. The molecule has 0 radical (unpaired) electrons. The van der Waals surface area contributed by atoms with Crippen molar-refractivity contribution in [2.45, 2.75) is 10.9 Å². The third-order valence-corrected chi connectivity index (χ3v) is 6.66. The van der Waals surface area contributed by atoms with E-state index in [0.29, 0.717) is 37.6 Å². The first-order valence-corrected chi connectivity index (χ1v) is 11.4. The summed E-state index contributed by atoms with van der Waals surface area (Å²) >= 11 is 5.82. The van der Waals surface area contributed by atoms with E-state index in [1.165, 1.54) is 23.1 Å². The van der Waals surface area contributed by atoms with Crippen LogP contribution in [0.5, 0.6) is 11.5 Å². The van der Waals surface area contributed by atoms with Gasteiger partial charge in [-0.1, -0.05) is 41.3 Å². The fourth-order valence-corrected chi connectivity index (χ4v) is 4.60. The molecular formula is C19H15BrN4O4S2. The van der Waals surface area contributed by atoms with Crippen LogP contribution in [0.1, 0.15) is 15.9 Å². The summed E-state index contributed by atoms with van der Waals surface area (Å²) in [6, 6.07) is 12.7. The number of amides is 2. The molecule has 154 valence electrons. The zero-order valence-electron chi connectivity index (χ0n) is 15.4. The van der Waals surface area contributed by atoms with Crippen molar-refractivity contribution in [1.82, 2.24) is 15.5 Å². The molecule has 2 amide bonds. The minimum Gasteiger partial charge on any atom is -0.454 e. The number of thioether (sulfide) groups is 1. The lowest BCUT2D eigenvalue weighted by Crippen LogP contribution is -2.24. The zero-order chi connectivity index (χ0) is 20.9. The Labute approximate surface area is 188 Å². The zero-order valence-corrected chi connectivity index (χ0v) is 18.6. The molecule has 8 nitrogen and oxygen atoms in total. The molecule has 0 fully saturated rings. The van der Waals surface area contributed by atoms with Crippen molar-refractivity contribution in [2.75, 3.05) is 17.9 Å². The van der Waals surface area contributed by atoms with Crippen molar-refractivity contribution in [3.63, 3.8) is 0 Å². The largest absolute Gasteiger partial charge is 0.454 e. The monoisotopic (exact) mass is 506 g/mol. The van der Waals surface area contributed by atoms with Crippen LogP contribution in [0.4, 0.5) is 5.13 Å². The van der Waals surface area contributed by atoms with Crippen LogP contribution < -0.4 is 20.1 Å². The summed E-state index contributed by atoms with van der Waals surface area (Å²) < 4.78 is 11.9. The Balaban J connectivity index is 1.24. The summed E-state index contributed by atoms with van der Waals surface area (Å²) in [6.45, 7) is 0.605. The van der Waals surface area contributed by atoms with Crippen LogP contribution in [0.3, 0.4) is 0 Å². The number of rotatable bonds is 7. The van der Waals surface area contributed by atoms with E-state index in [4.69, 9.17) is 9.47 Å². The Kier molecular flexibility index (Phi) is 6.50. The quantitative estimate of drug-likeness (QED) is 0.372. The SMILES string of the molecule is O=C(CSc1nnc(NC(=O)c2ccccc2Br)s1)NCc1ccc2c(c1)OCO2. The second-order valence-corrected chi connectivity index (χ2v) is 9.11. The van der Waals surface area contributed by atoms with Crippen LogP contribution in [-0.4, -0.2) is 34.6 Å². The van der Waals surface area contributed by atoms with E-state index in [1.807, 2.05) is 24.3 Å². The van der Waals surface area contributed by atoms with Gasteiger partial charge in [0.05, 0.1) is 11.3 Å². The average Bonchev–Trinajstić information content (AvgIpc) is 3.39. The minimum atomic E-state index is -0.281. The van der Waals surface area contributed by atoms with E-state index in [1.54, 1.807) is 18.2 Å². The fraction of sp³-hybridized carbons (Fsp3) is 0.158. The number of hydrogen-bond donors (Lipinski definition) is 2. The highest BCUT2D eigenvalue weighted by Crippen LogP contribution is 2.32. The molecule has 3 aromatic rings. The Bertz CT molecular complexity index is 1090. The number of benzene rings is 2. The summed E-state index contributed by atoms with van der Waals surface area (Å²) in [7, 11) is 0. The van der Waals surface area contributed by atoms with Gasteiger partial charge in [-0.15, -0.1) is 10.2 Å². The van der Waals surface area contributed by atoms with Crippen LogP contribution >= 0.6 is 39.0 Å². The van der Waals surface area contributed by atoms with Gasteiger partial charge in [0.1, 0.15) is 0 Å². The average molecular weight is 507 g/mol. The summed E-state index contributed by atoms with van der Waals surface area (Å²) in [5.74, 6) is 1.17. The highest BCUT2D eigenvalue weighted by atomic mass is 79.9. The third-order valence-electron chi connectivity index (χ3n) is 4.00. The molecule has 0 unspecified atom stereocenters. The molecule has 30 heavy (non-hydrogen) atoms. The number of anilines is 1. The number of ether oxygens (including phenoxy) is 2. The summed E-state index contributed by atoms with van der Waals surface area (Å²) in [6.07, 6.45) is 0. The van der Waals surface area contributed by atoms with Gasteiger partial charge in [-0.25, -0.2) is 0 Å². The second-order valence-electron chi connectivity index (χ2n) is 6.06. The van der Waals surface area contributed by atoms with Gasteiger partial charge in [0.25, 0.3) is 5.91 Å². The number of nitrogens with zero attached hydrogens (tertiary/aromatic N) is 2. The number of aromatic nitrogens is 2. The Morgan fingerprint density at radius 3 is 2.83 bits per heavy atom. The predicted molar refractivity (Wildman–Crippen MR) is 117 cm³/mol. The van der Waals surface area contributed by atoms with Gasteiger partial charge in [-0.2, -0.15) is 0 Å². The van der Waals surface area contributed by atoms with Crippen molar-refractivity contribution in [3.8, 4) is 11.5 Å². The first-order chi connectivity index (χ1) is 14.6. The molecule has 0 saturated carbocycles. The van der Waals surface area contributed by atoms with Gasteiger partial charge >= 0.3 is 0 Å². The lowest BCUT2D eigenvalue weighted by Gasteiger charge is -2.05. The lowest BCUT2D eigenvalue weighted by atomic mass is 10.2.